The van der Waals surface area contributed by atoms with Crippen molar-refractivity contribution in [3.63, 3.8) is 0 Å². The first-order valence-electron chi connectivity index (χ1n) is 5.80. The molecule has 6 heteroatoms. The maximum atomic E-state index is 11.3. The van der Waals surface area contributed by atoms with E-state index in [0.717, 1.165) is 19.3 Å². The number of rotatable bonds is 5. The van der Waals surface area contributed by atoms with E-state index in [1.807, 2.05) is 6.92 Å². The summed E-state index contributed by atoms with van der Waals surface area (Å²) in [6, 6.07) is 0.333. The summed E-state index contributed by atoms with van der Waals surface area (Å²) in [6.07, 6.45) is 3.34. The van der Waals surface area contributed by atoms with Crippen molar-refractivity contribution in [2.24, 2.45) is 0 Å². The first-order chi connectivity index (χ1) is 7.43. The fraction of sp³-hybridized carbons (Fsp3) is 1.00. The highest BCUT2D eigenvalue weighted by Gasteiger charge is 2.24. The molecule has 0 aromatic carbocycles. The van der Waals surface area contributed by atoms with Crippen LogP contribution in [0.5, 0.6) is 0 Å². The number of aliphatic hydroxyl groups excluding tert-OH is 1. The molecule has 1 rings (SSSR count). The Morgan fingerprint density at radius 2 is 2.00 bits per heavy atom. The van der Waals surface area contributed by atoms with Gasteiger partial charge in [-0.25, -0.2) is 12.7 Å². The number of hydrogen-bond donors (Lipinski definition) is 2. The normalized spacial score (nSPS) is 22.2. The number of nitrogens with zero attached hydrogens (tertiary/aromatic N) is 1. The van der Waals surface area contributed by atoms with Gasteiger partial charge in [-0.2, -0.15) is 0 Å². The van der Waals surface area contributed by atoms with Crippen LogP contribution in [-0.4, -0.2) is 55.9 Å². The van der Waals surface area contributed by atoms with Crippen molar-refractivity contribution < 1.29 is 13.5 Å². The Bertz CT molecular complexity index is 297. The summed E-state index contributed by atoms with van der Waals surface area (Å²) in [5.41, 5.74) is 0. The fourth-order valence-corrected chi connectivity index (χ4v) is 2.71. The molecule has 16 heavy (non-hydrogen) atoms. The lowest BCUT2D eigenvalue weighted by molar-refractivity contribution is 0.156. The first kappa shape index (κ1) is 13.9. The maximum absolute atomic E-state index is 11.3. The van der Waals surface area contributed by atoms with Crippen molar-refractivity contribution in [3.8, 4) is 0 Å². The second-order valence-corrected chi connectivity index (χ2v) is 6.39. The minimum atomic E-state index is -3.03. The minimum Gasteiger partial charge on any atom is -0.392 e. The molecule has 1 aliphatic heterocycles. The molecule has 0 bridgehead atoms. The van der Waals surface area contributed by atoms with Gasteiger partial charge in [0.2, 0.25) is 10.0 Å². The summed E-state index contributed by atoms with van der Waals surface area (Å²) in [5, 5.41) is 12.7. The molecule has 0 saturated carbocycles. The molecule has 0 aromatic rings. The van der Waals surface area contributed by atoms with Crippen LogP contribution < -0.4 is 5.32 Å². The molecule has 0 aromatic heterocycles. The average Bonchev–Trinajstić information content (AvgIpc) is 2.25. The van der Waals surface area contributed by atoms with Gasteiger partial charge in [0, 0.05) is 25.7 Å². The van der Waals surface area contributed by atoms with E-state index in [1.165, 1.54) is 10.6 Å². The van der Waals surface area contributed by atoms with Gasteiger partial charge in [0.15, 0.2) is 0 Å². The van der Waals surface area contributed by atoms with Crippen LogP contribution in [0.2, 0.25) is 0 Å². The topological polar surface area (TPSA) is 69.6 Å². The number of nitrogens with one attached hydrogen (secondary N) is 1. The van der Waals surface area contributed by atoms with Gasteiger partial charge in [-0.15, -0.1) is 0 Å². The van der Waals surface area contributed by atoms with E-state index >= 15 is 0 Å². The fourth-order valence-electron chi connectivity index (χ4n) is 1.84. The second-order valence-electron chi connectivity index (χ2n) is 4.41. The molecule has 1 heterocycles. The van der Waals surface area contributed by atoms with Gasteiger partial charge in [0.05, 0.1) is 12.4 Å². The van der Waals surface area contributed by atoms with Gasteiger partial charge in [-0.05, 0) is 19.3 Å². The lowest BCUT2D eigenvalue weighted by Gasteiger charge is -2.31. The Balaban J connectivity index is 2.27. The molecule has 1 saturated heterocycles. The molecule has 1 fully saturated rings. The first-order valence-corrected chi connectivity index (χ1v) is 7.65. The van der Waals surface area contributed by atoms with Gasteiger partial charge in [0.25, 0.3) is 0 Å². The predicted octanol–water partition coefficient (Wildman–Crippen LogP) is -0.229. The highest BCUT2D eigenvalue weighted by Crippen LogP contribution is 2.13. The second kappa shape index (κ2) is 5.95. The quantitative estimate of drug-likeness (QED) is 0.707. The number of piperidine rings is 1. The Labute approximate surface area is 97.9 Å². The minimum absolute atomic E-state index is 0.298. The number of hydrogen-bond acceptors (Lipinski definition) is 4. The molecule has 1 aliphatic rings. The summed E-state index contributed by atoms with van der Waals surface area (Å²) in [6.45, 7) is 3.70. The third-order valence-electron chi connectivity index (χ3n) is 3.04. The van der Waals surface area contributed by atoms with Gasteiger partial charge in [-0.1, -0.05) is 6.92 Å². The van der Waals surface area contributed by atoms with Gasteiger partial charge < -0.3 is 10.4 Å². The van der Waals surface area contributed by atoms with Gasteiger partial charge in [-0.3, -0.25) is 0 Å². The number of sulfonamides is 1. The van der Waals surface area contributed by atoms with E-state index in [2.05, 4.69) is 5.32 Å². The molecule has 0 radical (unpaired) electrons. The van der Waals surface area contributed by atoms with Gasteiger partial charge >= 0.3 is 0 Å². The van der Waals surface area contributed by atoms with Crippen LogP contribution in [0.25, 0.3) is 0 Å². The molecule has 0 aliphatic carbocycles. The van der Waals surface area contributed by atoms with Crippen LogP contribution in [0.4, 0.5) is 0 Å². The van der Waals surface area contributed by atoms with Crippen molar-refractivity contribution in [3.05, 3.63) is 0 Å². The molecule has 0 amide bonds. The zero-order valence-corrected chi connectivity index (χ0v) is 10.8. The number of aliphatic hydroxyl groups is 1. The average molecular weight is 250 g/mol. The Morgan fingerprint density at radius 1 is 1.44 bits per heavy atom. The third-order valence-corrected chi connectivity index (χ3v) is 4.34. The van der Waals surface area contributed by atoms with Crippen LogP contribution >= 0.6 is 0 Å². The van der Waals surface area contributed by atoms with Crippen molar-refractivity contribution >= 4 is 10.0 Å². The monoisotopic (exact) mass is 250 g/mol. The van der Waals surface area contributed by atoms with Gasteiger partial charge in [0.1, 0.15) is 0 Å². The standard InChI is InChI=1S/C10H22N2O3S/c1-3-10(13)8-11-9-4-6-12(7-5-9)16(2,14)15/h9-11,13H,3-8H2,1-2H3. The lowest BCUT2D eigenvalue weighted by atomic mass is 10.1. The van der Waals surface area contributed by atoms with Crippen LogP contribution in [-0.2, 0) is 10.0 Å². The molecule has 5 nitrogen and oxygen atoms in total. The summed E-state index contributed by atoms with van der Waals surface area (Å²) >= 11 is 0. The smallest absolute Gasteiger partial charge is 0.211 e. The Hall–Kier alpha value is -0.170. The third kappa shape index (κ3) is 4.37. The van der Waals surface area contributed by atoms with E-state index in [0.29, 0.717) is 25.7 Å². The van der Waals surface area contributed by atoms with E-state index in [4.69, 9.17) is 0 Å². The molecule has 0 spiro atoms. The molecule has 1 unspecified atom stereocenters. The van der Waals surface area contributed by atoms with E-state index in [1.54, 1.807) is 0 Å². The maximum Gasteiger partial charge on any atom is 0.211 e. The lowest BCUT2D eigenvalue weighted by Crippen LogP contribution is -2.46. The molecule has 96 valence electrons. The molecular weight excluding hydrogens is 228 g/mol. The molecular formula is C10H22N2O3S. The molecule has 2 N–H and O–H groups in total. The van der Waals surface area contributed by atoms with Crippen molar-refractivity contribution in [2.75, 3.05) is 25.9 Å². The van der Waals surface area contributed by atoms with E-state index < -0.39 is 10.0 Å². The Kier molecular flexibility index (Phi) is 5.17. The summed E-state index contributed by atoms with van der Waals surface area (Å²) < 4.78 is 24.1. The summed E-state index contributed by atoms with van der Waals surface area (Å²) in [4.78, 5) is 0. The zero-order chi connectivity index (χ0) is 12.2. The van der Waals surface area contributed by atoms with Crippen molar-refractivity contribution in [2.45, 2.75) is 38.3 Å². The zero-order valence-electron chi connectivity index (χ0n) is 10.0. The summed E-state index contributed by atoms with van der Waals surface area (Å²) in [5.74, 6) is 0. The van der Waals surface area contributed by atoms with Crippen LogP contribution in [0.1, 0.15) is 26.2 Å². The van der Waals surface area contributed by atoms with E-state index in [-0.39, 0.29) is 6.10 Å². The Morgan fingerprint density at radius 3 is 2.44 bits per heavy atom. The van der Waals surface area contributed by atoms with Crippen molar-refractivity contribution in [1.29, 1.82) is 0 Å². The highest BCUT2D eigenvalue weighted by molar-refractivity contribution is 7.88. The highest BCUT2D eigenvalue weighted by atomic mass is 32.2. The van der Waals surface area contributed by atoms with E-state index in [9.17, 15) is 13.5 Å². The van der Waals surface area contributed by atoms with Crippen LogP contribution in [0.3, 0.4) is 0 Å². The van der Waals surface area contributed by atoms with Crippen molar-refractivity contribution in [1.82, 2.24) is 9.62 Å². The predicted molar refractivity (Wildman–Crippen MR) is 63.7 cm³/mol. The van der Waals surface area contributed by atoms with Crippen LogP contribution in [0, 0.1) is 0 Å². The SMILES string of the molecule is CCC(O)CNC1CCN(S(C)(=O)=O)CC1. The largest absolute Gasteiger partial charge is 0.392 e. The van der Waals surface area contributed by atoms with Crippen LogP contribution in [0.15, 0.2) is 0 Å². The molecule has 1 atom stereocenters. The summed E-state index contributed by atoms with van der Waals surface area (Å²) in [7, 11) is -3.03.